The Kier molecular flexibility index (Phi) is 2.85. The maximum Gasteiger partial charge on any atom is 0.0127 e. The average Bonchev–Trinajstić information content (AvgIpc) is 2.40. The van der Waals surface area contributed by atoms with Crippen LogP contribution in [0, 0.1) is 0 Å². The number of nitrogens with zero attached hydrogens (tertiary/aromatic N) is 2. The Bertz CT molecular complexity index is 217. The highest BCUT2D eigenvalue weighted by molar-refractivity contribution is 4.97. The van der Waals surface area contributed by atoms with Crippen LogP contribution in [0.1, 0.15) is 46.5 Å². The lowest BCUT2D eigenvalue weighted by Crippen LogP contribution is -2.52. The van der Waals surface area contributed by atoms with Crippen molar-refractivity contribution in [2.24, 2.45) is 0 Å². The molecule has 2 heterocycles. The van der Waals surface area contributed by atoms with Gasteiger partial charge in [0.2, 0.25) is 0 Å². The van der Waals surface area contributed by atoms with Gasteiger partial charge in [0.05, 0.1) is 0 Å². The van der Waals surface area contributed by atoms with Gasteiger partial charge in [0.15, 0.2) is 0 Å². The molecule has 88 valence electrons. The van der Waals surface area contributed by atoms with Gasteiger partial charge in [0.25, 0.3) is 0 Å². The van der Waals surface area contributed by atoms with Gasteiger partial charge in [-0.1, -0.05) is 0 Å². The first-order valence-corrected chi connectivity index (χ1v) is 6.34. The van der Waals surface area contributed by atoms with Crippen LogP contribution in [-0.2, 0) is 0 Å². The van der Waals surface area contributed by atoms with Crippen molar-refractivity contribution >= 4 is 0 Å². The van der Waals surface area contributed by atoms with Gasteiger partial charge in [-0.2, -0.15) is 0 Å². The Morgan fingerprint density at radius 2 is 1.53 bits per heavy atom. The van der Waals surface area contributed by atoms with Crippen molar-refractivity contribution in [3.8, 4) is 0 Å². The van der Waals surface area contributed by atoms with Crippen molar-refractivity contribution in [2.75, 3.05) is 14.1 Å². The molecule has 2 heteroatoms. The molecule has 0 aromatic carbocycles. The van der Waals surface area contributed by atoms with E-state index in [9.17, 15) is 0 Å². The van der Waals surface area contributed by atoms with Crippen molar-refractivity contribution in [3.63, 3.8) is 0 Å². The lowest BCUT2D eigenvalue weighted by Gasteiger charge is -2.45. The minimum Gasteiger partial charge on any atom is -0.300 e. The molecular weight excluding hydrogens is 184 g/mol. The standard InChI is InChI=1S/C13H26N2/c1-13(2,3)15(5)12-8-10-6-7-11(9-12)14(10)4/h10-12H,6-9H2,1-5H3. The molecule has 0 amide bonds. The second-order valence-electron chi connectivity index (χ2n) is 6.46. The zero-order valence-corrected chi connectivity index (χ0v) is 11.0. The van der Waals surface area contributed by atoms with Crippen LogP contribution in [0.3, 0.4) is 0 Å². The highest BCUT2D eigenvalue weighted by Gasteiger charge is 2.41. The molecule has 0 aromatic heterocycles. The number of fused-ring (bicyclic) bond motifs is 2. The number of hydrogen-bond acceptors (Lipinski definition) is 2. The number of hydrogen-bond donors (Lipinski definition) is 0. The van der Waals surface area contributed by atoms with Gasteiger partial charge in [0.1, 0.15) is 0 Å². The second-order valence-corrected chi connectivity index (χ2v) is 6.46. The number of piperidine rings is 1. The van der Waals surface area contributed by atoms with E-state index in [4.69, 9.17) is 0 Å². The molecule has 2 atom stereocenters. The minimum absolute atomic E-state index is 0.319. The molecule has 2 unspecified atom stereocenters. The van der Waals surface area contributed by atoms with Crippen molar-refractivity contribution < 1.29 is 0 Å². The molecule has 2 rings (SSSR count). The van der Waals surface area contributed by atoms with Gasteiger partial charge >= 0.3 is 0 Å². The Morgan fingerprint density at radius 3 is 1.93 bits per heavy atom. The van der Waals surface area contributed by atoms with Gasteiger partial charge in [0, 0.05) is 23.7 Å². The molecule has 0 radical (unpaired) electrons. The van der Waals surface area contributed by atoms with Crippen LogP contribution >= 0.6 is 0 Å². The zero-order valence-electron chi connectivity index (χ0n) is 11.0. The van der Waals surface area contributed by atoms with Crippen LogP contribution in [0.4, 0.5) is 0 Å². The summed E-state index contributed by atoms with van der Waals surface area (Å²) in [4.78, 5) is 5.21. The zero-order chi connectivity index (χ0) is 11.2. The van der Waals surface area contributed by atoms with Gasteiger partial charge in [-0.15, -0.1) is 0 Å². The van der Waals surface area contributed by atoms with Crippen LogP contribution in [0.25, 0.3) is 0 Å². The van der Waals surface area contributed by atoms with E-state index in [2.05, 4.69) is 44.7 Å². The quantitative estimate of drug-likeness (QED) is 0.655. The molecular formula is C13H26N2. The topological polar surface area (TPSA) is 6.48 Å². The molecule has 0 aliphatic carbocycles. The Morgan fingerprint density at radius 1 is 1.07 bits per heavy atom. The van der Waals surface area contributed by atoms with E-state index in [1.54, 1.807) is 0 Å². The van der Waals surface area contributed by atoms with Gasteiger partial charge < -0.3 is 4.90 Å². The minimum atomic E-state index is 0.319. The Hall–Kier alpha value is -0.0800. The fourth-order valence-corrected chi connectivity index (χ4v) is 3.25. The molecule has 0 spiro atoms. The summed E-state index contributed by atoms with van der Waals surface area (Å²) in [5.74, 6) is 0. The summed E-state index contributed by atoms with van der Waals surface area (Å²) < 4.78 is 0. The first kappa shape index (κ1) is 11.4. The number of rotatable bonds is 1. The summed E-state index contributed by atoms with van der Waals surface area (Å²) in [5, 5.41) is 0. The van der Waals surface area contributed by atoms with Crippen LogP contribution in [0.15, 0.2) is 0 Å². The molecule has 2 saturated heterocycles. The lowest BCUT2D eigenvalue weighted by atomic mass is 9.93. The Labute approximate surface area is 94.6 Å². The molecule has 2 aliphatic rings. The summed E-state index contributed by atoms with van der Waals surface area (Å²) in [7, 11) is 4.62. The first-order valence-electron chi connectivity index (χ1n) is 6.34. The average molecular weight is 210 g/mol. The van der Waals surface area contributed by atoms with E-state index < -0.39 is 0 Å². The normalized spacial score (nSPS) is 37.6. The van der Waals surface area contributed by atoms with E-state index in [0.717, 1.165) is 18.1 Å². The molecule has 0 saturated carbocycles. The maximum absolute atomic E-state index is 2.62. The third kappa shape index (κ3) is 2.07. The summed E-state index contributed by atoms with van der Waals surface area (Å²) in [6.45, 7) is 6.98. The lowest BCUT2D eigenvalue weighted by molar-refractivity contribution is 0.0410. The third-order valence-electron chi connectivity index (χ3n) is 4.68. The fourth-order valence-electron chi connectivity index (χ4n) is 3.25. The SMILES string of the molecule is CN1C2CCC1CC(N(C)C(C)(C)C)C2. The van der Waals surface area contributed by atoms with E-state index in [-0.39, 0.29) is 0 Å². The van der Waals surface area contributed by atoms with Gasteiger partial charge in [-0.25, -0.2) is 0 Å². The molecule has 15 heavy (non-hydrogen) atoms. The predicted molar refractivity (Wildman–Crippen MR) is 65.1 cm³/mol. The largest absolute Gasteiger partial charge is 0.300 e. The van der Waals surface area contributed by atoms with Crippen molar-refractivity contribution in [1.82, 2.24) is 9.80 Å². The fraction of sp³-hybridized carbons (Fsp3) is 1.00. The smallest absolute Gasteiger partial charge is 0.0127 e. The molecule has 2 nitrogen and oxygen atoms in total. The van der Waals surface area contributed by atoms with Crippen molar-refractivity contribution in [2.45, 2.75) is 70.1 Å². The highest BCUT2D eigenvalue weighted by Crippen LogP contribution is 2.37. The summed E-state index contributed by atoms with van der Waals surface area (Å²) in [6, 6.07) is 2.52. The molecule has 2 bridgehead atoms. The maximum atomic E-state index is 2.62. The van der Waals surface area contributed by atoms with Crippen LogP contribution in [0.5, 0.6) is 0 Å². The second kappa shape index (κ2) is 3.74. The predicted octanol–water partition coefficient (Wildman–Crippen LogP) is 2.34. The first-order chi connectivity index (χ1) is 6.89. The highest BCUT2D eigenvalue weighted by atomic mass is 15.3. The molecule has 2 fully saturated rings. The van der Waals surface area contributed by atoms with E-state index >= 15 is 0 Å². The van der Waals surface area contributed by atoms with Crippen LogP contribution < -0.4 is 0 Å². The van der Waals surface area contributed by atoms with Crippen molar-refractivity contribution in [1.29, 1.82) is 0 Å². The van der Waals surface area contributed by atoms with Crippen LogP contribution in [0.2, 0.25) is 0 Å². The van der Waals surface area contributed by atoms with Gasteiger partial charge in [-0.05, 0) is 60.5 Å². The summed E-state index contributed by atoms with van der Waals surface area (Å²) in [5.41, 5.74) is 0.319. The Balaban J connectivity index is 2.03. The van der Waals surface area contributed by atoms with Gasteiger partial charge in [-0.3, -0.25) is 4.90 Å². The summed E-state index contributed by atoms with van der Waals surface area (Å²) >= 11 is 0. The molecule has 2 aliphatic heterocycles. The van der Waals surface area contributed by atoms with E-state index in [1.165, 1.54) is 25.7 Å². The van der Waals surface area contributed by atoms with Crippen LogP contribution in [-0.4, -0.2) is 47.6 Å². The molecule has 0 aromatic rings. The van der Waals surface area contributed by atoms with Crippen molar-refractivity contribution in [3.05, 3.63) is 0 Å². The van der Waals surface area contributed by atoms with E-state index in [0.29, 0.717) is 5.54 Å². The van der Waals surface area contributed by atoms with E-state index in [1.807, 2.05) is 0 Å². The molecule has 0 N–H and O–H groups in total. The summed E-state index contributed by atoms with van der Waals surface area (Å²) in [6.07, 6.45) is 5.60. The third-order valence-corrected chi connectivity index (χ3v) is 4.68. The monoisotopic (exact) mass is 210 g/mol.